The van der Waals surface area contributed by atoms with Crippen molar-refractivity contribution in [2.45, 2.75) is 19.6 Å². The Bertz CT molecular complexity index is 126. The zero-order chi connectivity index (χ0) is 10.7. The Kier molecular flexibility index (Phi) is 16.8. The van der Waals surface area contributed by atoms with Gasteiger partial charge in [0.1, 0.15) is 0 Å². The molecule has 75 valence electrons. The molecule has 1 rings (SSSR count). The van der Waals surface area contributed by atoms with Gasteiger partial charge < -0.3 is 0 Å². The number of hydrogen-bond acceptors (Lipinski definition) is 0. The predicted molar refractivity (Wildman–Crippen MR) is 62.9 cm³/mol. The van der Waals surface area contributed by atoms with E-state index in [0.717, 1.165) is 0 Å². The van der Waals surface area contributed by atoms with Crippen molar-refractivity contribution < 1.29 is 14.7 Å². The van der Waals surface area contributed by atoms with Gasteiger partial charge in [0.15, 0.2) is 0 Å². The van der Waals surface area contributed by atoms with Gasteiger partial charge in [-0.2, -0.15) is 18.2 Å². The molecule has 0 bridgehead atoms. The fraction of sp³-hybridized carbons (Fsp3) is 0.375. The SMILES string of the molecule is C[Si](C)C.[Cl][Ti+]([Cl])[Cl].c1cc[cH-]c1. The Morgan fingerprint density at radius 3 is 1.31 bits per heavy atom. The normalized spacial score (nSPS) is 7.92. The van der Waals surface area contributed by atoms with E-state index in [2.05, 4.69) is 19.6 Å². The molecule has 1 radical (unpaired) electrons. The van der Waals surface area contributed by atoms with E-state index in [1.165, 1.54) is 0 Å². The monoisotopic (exact) mass is 291 g/mol. The van der Waals surface area contributed by atoms with Crippen LogP contribution in [0.25, 0.3) is 0 Å². The van der Waals surface area contributed by atoms with Crippen molar-refractivity contribution in [1.29, 1.82) is 0 Å². The predicted octanol–water partition coefficient (Wildman–Crippen LogP) is 4.84. The maximum atomic E-state index is 4.97. The molecule has 0 aliphatic heterocycles. The van der Waals surface area contributed by atoms with Gasteiger partial charge in [-0.05, 0) is 0 Å². The van der Waals surface area contributed by atoms with Crippen LogP contribution < -0.4 is 0 Å². The minimum Gasteiger partial charge on any atom is -0.214 e. The molecule has 0 aromatic heterocycles. The summed E-state index contributed by atoms with van der Waals surface area (Å²) < 4.78 is 0. The van der Waals surface area contributed by atoms with E-state index in [-0.39, 0.29) is 8.80 Å². The van der Waals surface area contributed by atoms with Crippen molar-refractivity contribution in [3.63, 3.8) is 0 Å². The Labute approximate surface area is 101 Å². The van der Waals surface area contributed by atoms with Gasteiger partial charge in [0.25, 0.3) is 0 Å². The molecule has 0 N–H and O–H groups in total. The minimum absolute atomic E-state index is 0.120. The van der Waals surface area contributed by atoms with Crippen LogP contribution in [0.3, 0.4) is 0 Å². The van der Waals surface area contributed by atoms with Crippen LogP contribution in [0.5, 0.6) is 0 Å². The van der Waals surface area contributed by atoms with Crippen molar-refractivity contribution in [3.05, 3.63) is 30.3 Å². The second-order valence-corrected chi connectivity index (χ2v) is 13.4. The van der Waals surface area contributed by atoms with Crippen molar-refractivity contribution in [3.8, 4) is 0 Å². The van der Waals surface area contributed by atoms with E-state index in [0.29, 0.717) is 0 Å². The van der Waals surface area contributed by atoms with E-state index in [1.807, 2.05) is 30.3 Å². The third-order valence-electron chi connectivity index (χ3n) is 0.556. The molecule has 0 heterocycles. The second kappa shape index (κ2) is 13.2. The van der Waals surface area contributed by atoms with Gasteiger partial charge in [-0.15, -0.1) is 0 Å². The molecule has 0 unspecified atom stereocenters. The second-order valence-electron chi connectivity index (χ2n) is 2.68. The molecule has 1 aromatic carbocycles. The fourth-order valence-corrected chi connectivity index (χ4v) is 0.321. The van der Waals surface area contributed by atoms with Gasteiger partial charge >= 0.3 is 42.6 Å². The van der Waals surface area contributed by atoms with Crippen LogP contribution >= 0.6 is 27.9 Å². The topological polar surface area (TPSA) is 0 Å². The molecule has 0 aliphatic rings. The molecule has 0 saturated heterocycles. The third-order valence-corrected chi connectivity index (χ3v) is 0.556. The fourth-order valence-electron chi connectivity index (χ4n) is 0.321. The average molecular weight is 293 g/mol. The Morgan fingerprint density at radius 1 is 1.00 bits per heavy atom. The van der Waals surface area contributed by atoms with E-state index in [4.69, 9.17) is 27.9 Å². The summed E-state index contributed by atoms with van der Waals surface area (Å²) in [7, 11) is 15.0. The van der Waals surface area contributed by atoms with Crippen molar-refractivity contribution in [2.24, 2.45) is 0 Å². The quantitative estimate of drug-likeness (QED) is 0.474. The van der Waals surface area contributed by atoms with Crippen LogP contribution in [-0.2, 0) is 14.7 Å². The van der Waals surface area contributed by atoms with Crippen LogP contribution in [0.2, 0.25) is 19.6 Å². The standard InChI is InChI=1S/C5H5.C3H9Si.3ClH.Ti/c1-2-4-5-3-1;1-4(2)3;;;;/h1-5H;1-3H3;3*1H;/q-1;;;;;+4/p-3. The maximum Gasteiger partial charge on any atom is -0.172 e. The molecule has 0 atom stereocenters. The summed E-state index contributed by atoms with van der Waals surface area (Å²) in [4.78, 5) is 0. The van der Waals surface area contributed by atoms with E-state index >= 15 is 0 Å². The Morgan fingerprint density at radius 2 is 1.23 bits per heavy atom. The first-order valence-corrected chi connectivity index (χ1v) is 13.2. The zero-order valence-electron chi connectivity index (χ0n) is 8.02. The third kappa shape index (κ3) is 43.2. The van der Waals surface area contributed by atoms with Gasteiger partial charge in [-0.25, -0.2) is 12.1 Å². The zero-order valence-corrected chi connectivity index (χ0v) is 12.8. The molecule has 1 aromatic rings. The van der Waals surface area contributed by atoms with Crippen LogP contribution in [-0.4, -0.2) is 8.80 Å². The van der Waals surface area contributed by atoms with Gasteiger partial charge in [-0.1, -0.05) is 19.6 Å². The molecular weight excluding hydrogens is 278 g/mol. The minimum atomic E-state index is -1.92. The summed E-state index contributed by atoms with van der Waals surface area (Å²) in [5.74, 6) is 0. The smallest absolute Gasteiger partial charge is 0.172 e. The molecule has 0 amide bonds. The van der Waals surface area contributed by atoms with Crippen molar-refractivity contribution in [1.82, 2.24) is 0 Å². The Balaban J connectivity index is 0. The van der Waals surface area contributed by atoms with Crippen LogP contribution in [0.4, 0.5) is 0 Å². The summed E-state index contributed by atoms with van der Waals surface area (Å²) in [6.45, 7) is 6.81. The first kappa shape index (κ1) is 16.6. The molecule has 5 heteroatoms. The first-order valence-electron chi connectivity index (χ1n) is 3.73. The van der Waals surface area contributed by atoms with Crippen LogP contribution in [0, 0.1) is 0 Å². The van der Waals surface area contributed by atoms with E-state index < -0.39 is 14.7 Å². The summed E-state index contributed by atoms with van der Waals surface area (Å²) >= 11 is -1.92. The summed E-state index contributed by atoms with van der Waals surface area (Å²) in [5.41, 5.74) is 0. The summed E-state index contributed by atoms with van der Waals surface area (Å²) in [6, 6.07) is 10.0. The summed E-state index contributed by atoms with van der Waals surface area (Å²) in [6.07, 6.45) is 0. The number of hydrogen-bond donors (Lipinski definition) is 0. The Hall–Kier alpha value is 1.15. The van der Waals surface area contributed by atoms with Crippen LogP contribution in [0.15, 0.2) is 30.3 Å². The molecule has 0 aliphatic carbocycles. The van der Waals surface area contributed by atoms with Crippen molar-refractivity contribution in [2.75, 3.05) is 0 Å². The molecule has 0 fully saturated rings. The summed E-state index contributed by atoms with van der Waals surface area (Å²) in [5, 5.41) is 0. The number of halogens is 3. The van der Waals surface area contributed by atoms with E-state index in [1.54, 1.807) is 0 Å². The van der Waals surface area contributed by atoms with Gasteiger partial charge in [0.2, 0.25) is 0 Å². The van der Waals surface area contributed by atoms with Gasteiger partial charge in [0.05, 0.1) is 0 Å². The molecular formula is C8H14Cl3SiTi. The van der Waals surface area contributed by atoms with Crippen molar-refractivity contribution >= 4 is 36.7 Å². The molecule has 13 heavy (non-hydrogen) atoms. The molecule has 0 spiro atoms. The largest absolute Gasteiger partial charge is 0.214 e. The van der Waals surface area contributed by atoms with Crippen LogP contribution in [0.1, 0.15) is 0 Å². The molecule has 0 nitrogen and oxygen atoms in total. The van der Waals surface area contributed by atoms with Gasteiger partial charge in [-0.3, -0.25) is 0 Å². The van der Waals surface area contributed by atoms with E-state index in [9.17, 15) is 0 Å². The maximum absolute atomic E-state index is 4.97. The number of rotatable bonds is 0. The van der Waals surface area contributed by atoms with Gasteiger partial charge in [0, 0.05) is 8.80 Å². The first-order chi connectivity index (χ1) is 5.96. The molecule has 0 saturated carbocycles. The average Bonchev–Trinajstić information content (AvgIpc) is 2.35.